The van der Waals surface area contributed by atoms with Crippen LogP contribution in [-0.2, 0) is 9.53 Å². The van der Waals surface area contributed by atoms with Crippen molar-refractivity contribution < 1.29 is 9.53 Å². The minimum Gasteiger partial charge on any atom is -0.354 e. The van der Waals surface area contributed by atoms with Crippen LogP contribution >= 0.6 is 11.8 Å². The number of ether oxygens (including phenoxy) is 1. The molecule has 0 fully saturated rings. The van der Waals surface area contributed by atoms with Crippen LogP contribution in [-0.4, -0.2) is 25.1 Å². The number of likely N-dealkylation sites (N-methyl/N-ethyl adjacent to an activating group) is 1. The highest BCUT2D eigenvalue weighted by molar-refractivity contribution is 8.03. The summed E-state index contributed by atoms with van der Waals surface area (Å²) in [4.78, 5) is 11.1. The Morgan fingerprint density at radius 1 is 1.83 bits per heavy atom. The molecule has 1 heterocycles. The van der Waals surface area contributed by atoms with Crippen molar-refractivity contribution in [3.63, 3.8) is 0 Å². The quantitative estimate of drug-likeness (QED) is 0.651. The molecule has 12 heavy (non-hydrogen) atoms. The van der Waals surface area contributed by atoms with Crippen molar-refractivity contribution in [3.8, 4) is 0 Å². The molecule has 1 rings (SSSR count). The maximum Gasteiger partial charge on any atom is 0.267 e. The molecule has 0 aliphatic carbocycles. The Kier molecular flexibility index (Phi) is 2.64. The molecule has 1 amide bonds. The number of rotatable bonds is 2. The number of nitrogens with one attached hydrogen (secondary N) is 2. The predicted molar refractivity (Wildman–Crippen MR) is 48.3 cm³/mol. The second kappa shape index (κ2) is 3.37. The van der Waals surface area contributed by atoms with Gasteiger partial charge in [0.05, 0.1) is 0 Å². The van der Waals surface area contributed by atoms with Crippen molar-refractivity contribution in [3.05, 3.63) is 11.1 Å². The van der Waals surface area contributed by atoms with Gasteiger partial charge in [-0.3, -0.25) is 4.79 Å². The highest BCUT2D eigenvalue weighted by Gasteiger charge is 2.31. The van der Waals surface area contributed by atoms with Gasteiger partial charge in [0.2, 0.25) is 0 Å². The summed E-state index contributed by atoms with van der Waals surface area (Å²) in [5.74, 6) is -0.122. The SMILES string of the molecule is CNC(=O)C1=CSC(C)(OC)N1. The Hall–Kier alpha value is -0.680. The lowest BCUT2D eigenvalue weighted by Gasteiger charge is -2.22. The van der Waals surface area contributed by atoms with Gasteiger partial charge in [0.1, 0.15) is 5.70 Å². The topological polar surface area (TPSA) is 50.4 Å². The third kappa shape index (κ3) is 1.73. The van der Waals surface area contributed by atoms with E-state index >= 15 is 0 Å². The Bertz CT molecular complexity index is 229. The molecular weight excluding hydrogens is 176 g/mol. The zero-order valence-corrected chi connectivity index (χ0v) is 8.12. The Morgan fingerprint density at radius 3 is 2.92 bits per heavy atom. The maximum absolute atomic E-state index is 11.1. The van der Waals surface area contributed by atoms with Gasteiger partial charge in [-0.2, -0.15) is 0 Å². The lowest BCUT2D eigenvalue weighted by molar-refractivity contribution is -0.117. The van der Waals surface area contributed by atoms with Crippen LogP contribution in [0.1, 0.15) is 6.92 Å². The molecule has 0 bridgehead atoms. The van der Waals surface area contributed by atoms with Crippen molar-refractivity contribution in [2.75, 3.05) is 14.2 Å². The molecule has 0 aromatic rings. The van der Waals surface area contributed by atoms with Crippen LogP contribution in [0.3, 0.4) is 0 Å². The number of hydrogen-bond donors (Lipinski definition) is 2. The number of thioether (sulfide) groups is 1. The van der Waals surface area contributed by atoms with Crippen LogP contribution < -0.4 is 10.6 Å². The van der Waals surface area contributed by atoms with E-state index in [1.807, 2.05) is 6.92 Å². The van der Waals surface area contributed by atoms with E-state index in [1.165, 1.54) is 11.8 Å². The Balaban J connectivity index is 2.59. The van der Waals surface area contributed by atoms with Crippen LogP contribution in [0.5, 0.6) is 0 Å². The van der Waals surface area contributed by atoms with Crippen molar-refractivity contribution >= 4 is 17.7 Å². The first-order valence-corrected chi connectivity index (χ1v) is 4.42. The molecule has 68 valence electrons. The van der Waals surface area contributed by atoms with Crippen molar-refractivity contribution in [2.45, 2.75) is 12.0 Å². The molecule has 1 aliphatic rings. The molecule has 0 saturated heterocycles. The van der Waals surface area contributed by atoms with E-state index in [9.17, 15) is 4.79 Å². The van der Waals surface area contributed by atoms with E-state index in [1.54, 1.807) is 19.6 Å². The van der Waals surface area contributed by atoms with Gasteiger partial charge in [-0.15, -0.1) is 0 Å². The average molecular weight is 188 g/mol. The van der Waals surface area contributed by atoms with E-state index in [4.69, 9.17) is 4.74 Å². The smallest absolute Gasteiger partial charge is 0.267 e. The highest BCUT2D eigenvalue weighted by Crippen LogP contribution is 2.31. The maximum atomic E-state index is 11.1. The monoisotopic (exact) mass is 188 g/mol. The second-order valence-corrected chi connectivity index (χ2v) is 3.75. The van der Waals surface area contributed by atoms with Gasteiger partial charge < -0.3 is 15.4 Å². The molecular formula is C7H12N2O2S. The van der Waals surface area contributed by atoms with Crippen LogP contribution in [0.4, 0.5) is 0 Å². The first-order valence-electron chi connectivity index (χ1n) is 3.54. The molecule has 4 nitrogen and oxygen atoms in total. The lowest BCUT2D eigenvalue weighted by Crippen LogP contribution is -2.40. The molecule has 0 aromatic heterocycles. The van der Waals surface area contributed by atoms with Gasteiger partial charge in [0, 0.05) is 19.6 Å². The minimum absolute atomic E-state index is 0.122. The van der Waals surface area contributed by atoms with Crippen LogP contribution in [0, 0.1) is 0 Å². The largest absolute Gasteiger partial charge is 0.354 e. The molecule has 1 unspecified atom stereocenters. The molecule has 1 aliphatic heterocycles. The van der Waals surface area contributed by atoms with Gasteiger partial charge in [-0.25, -0.2) is 0 Å². The van der Waals surface area contributed by atoms with E-state index < -0.39 is 5.06 Å². The summed E-state index contributed by atoms with van der Waals surface area (Å²) in [6.07, 6.45) is 0. The standard InChI is InChI=1S/C7H12N2O2S/c1-7(11-3)9-5(4-12-7)6(10)8-2/h4,9H,1-3H3,(H,8,10). The minimum atomic E-state index is -0.498. The van der Waals surface area contributed by atoms with Gasteiger partial charge in [-0.05, 0) is 6.92 Å². The number of carbonyl (C=O) groups excluding carboxylic acids is 1. The third-order valence-corrected chi connectivity index (χ3v) is 2.70. The van der Waals surface area contributed by atoms with Crippen LogP contribution in [0.2, 0.25) is 0 Å². The summed E-state index contributed by atoms with van der Waals surface area (Å²) >= 11 is 1.44. The fraction of sp³-hybridized carbons (Fsp3) is 0.571. The summed E-state index contributed by atoms with van der Waals surface area (Å²) in [6, 6.07) is 0. The Labute approximate surface area is 75.7 Å². The number of hydrogen-bond acceptors (Lipinski definition) is 4. The molecule has 0 saturated carbocycles. The number of methoxy groups -OCH3 is 1. The van der Waals surface area contributed by atoms with Crippen molar-refractivity contribution in [2.24, 2.45) is 0 Å². The fourth-order valence-electron chi connectivity index (χ4n) is 0.819. The fourth-order valence-corrected chi connectivity index (χ4v) is 1.59. The van der Waals surface area contributed by atoms with E-state index in [-0.39, 0.29) is 5.91 Å². The van der Waals surface area contributed by atoms with Gasteiger partial charge in [0.25, 0.3) is 5.91 Å². The van der Waals surface area contributed by atoms with Gasteiger partial charge in [0.15, 0.2) is 5.06 Å². The summed E-state index contributed by atoms with van der Waals surface area (Å²) in [5, 5.41) is 6.74. The molecule has 2 N–H and O–H groups in total. The average Bonchev–Trinajstić information content (AvgIpc) is 2.48. The lowest BCUT2D eigenvalue weighted by atomic mass is 10.4. The Morgan fingerprint density at radius 2 is 2.50 bits per heavy atom. The predicted octanol–water partition coefficient (Wildman–Crippen LogP) is 0.230. The first-order chi connectivity index (χ1) is 5.61. The molecule has 0 spiro atoms. The molecule has 5 heteroatoms. The normalized spacial score (nSPS) is 27.8. The molecule has 0 aromatic carbocycles. The third-order valence-electron chi connectivity index (χ3n) is 1.62. The van der Waals surface area contributed by atoms with Gasteiger partial charge >= 0.3 is 0 Å². The summed E-state index contributed by atoms with van der Waals surface area (Å²) < 4.78 is 5.14. The summed E-state index contributed by atoms with van der Waals surface area (Å²) in [5.41, 5.74) is 0.548. The number of carbonyl (C=O) groups is 1. The number of amides is 1. The highest BCUT2D eigenvalue weighted by atomic mass is 32.2. The van der Waals surface area contributed by atoms with Crippen molar-refractivity contribution in [1.29, 1.82) is 0 Å². The van der Waals surface area contributed by atoms with Gasteiger partial charge in [-0.1, -0.05) is 11.8 Å². The van der Waals surface area contributed by atoms with E-state index in [0.29, 0.717) is 5.70 Å². The van der Waals surface area contributed by atoms with Crippen LogP contribution in [0.15, 0.2) is 11.1 Å². The molecule has 0 radical (unpaired) electrons. The summed E-state index contributed by atoms with van der Waals surface area (Å²) in [7, 11) is 3.19. The van der Waals surface area contributed by atoms with E-state index in [0.717, 1.165) is 0 Å². The van der Waals surface area contributed by atoms with Crippen molar-refractivity contribution in [1.82, 2.24) is 10.6 Å². The summed E-state index contributed by atoms with van der Waals surface area (Å²) in [6.45, 7) is 1.87. The zero-order valence-electron chi connectivity index (χ0n) is 7.30. The first kappa shape index (κ1) is 9.41. The zero-order chi connectivity index (χ0) is 9.19. The molecule has 1 atom stereocenters. The van der Waals surface area contributed by atoms with E-state index in [2.05, 4.69) is 10.6 Å². The van der Waals surface area contributed by atoms with Crippen LogP contribution in [0.25, 0.3) is 0 Å². The second-order valence-electron chi connectivity index (χ2n) is 2.50.